The summed E-state index contributed by atoms with van der Waals surface area (Å²) in [5, 5.41) is 2.31. The maximum absolute atomic E-state index is 12.2. The minimum atomic E-state index is 0.186. The van der Waals surface area contributed by atoms with Crippen molar-refractivity contribution < 1.29 is 4.79 Å². The van der Waals surface area contributed by atoms with Gasteiger partial charge in [-0.25, -0.2) is 0 Å². The van der Waals surface area contributed by atoms with Crippen LogP contribution in [0.5, 0.6) is 0 Å². The van der Waals surface area contributed by atoms with E-state index in [4.69, 9.17) is 0 Å². The molecule has 1 aliphatic rings. The van der Waals surface area contributed by atoms with Gasteiger partial charge in [0.2, 0.25) is 5.91 Å². The third kappa shape index (κ3) is 2.06. The number of thioether (sulfide) groups is 1. The van der Waals surface area contributed by atoms with Crippen molar-refractivity contribution in [2.75, 3.05) is 11.9 Å². The molecule has 2 aromatic rings. The number of hydrogen-bond donors (Lipinski definition) is 0. The predicted molar refractivity (Wildman–Crippen MR) is 77.4 cm³/mol. The van der Waals surface area contributed by atoms with Gasteiger partial charge in [-0.3, -0.25) is 4.79 Å². The van der Waals surface area contributed by atoms with Crippen LogP contribution in [0.1, 0.15) is 16.5 Å². The van der Waals surface area contributed by atoms with Crippen LogP contribution in [0.15, 0.2) is 46.7 Å². The molecular formula is C14H13NOS2. The maximum atomic E-state index is 12.2. The van der Waals surface area contributed by atoms with Crippen molar-refractivity contribution in [3.05, 3.63) is 46.7 Å². The Kier molecular flexibility index (Phi) is 3.14. The van der Waals surface area contributed by atoms with Crippen LogP contribution in [0.25, 0.3) is 0 Å². The van der Waals surface area contributed by atoms with Gasteiger partial charge in [0.05, 0.1) is 10.9 Å². The number of fused-ring (bicyclic) bond motifs is 1. The summed E-state index contributed by atoms with van der Waals surface area (Å²) >= 11 is 3.52. The van der Waals surface area contributed by atoms with Crippen LogP contribution < -0.4 is 4.90 Å². The summed E-state index contributed by atoms with van der Waals surface area (Å²) in [5.74, 6) is 0.186. The third-order valence-corrected chi connectivity index (χ3v) is 5.53. The average Bonchev–Trinajstić information content (AvgIpc) is 2.87. The first kappa shape index (κ1) is 11.8. The number of nitrogens with zero attached hydrogens (tertiary/aromatic N) is 1. The largest absolute Gasteiger partial charge is 0.314 e. The number of thiophene rings is 1. The molecule has 4 heteroatoms. The molecule has 0 fully saturated rings. The zero-order valence-corrected chi connectivity index (χ0v) is 11.6. The highest BCUT2D eigenvalue weighted by molar-refractivity contribution is 7.99. The van der Waals surface area contributed by atoms with E-state index in [1.165, 1.54) is 9.77 Å². The molecule has 18 heavy (non-hydrogen) atoms. The number of amides is 1. The van der Waals surface area contributed by atoms with E-state index in [1.54, 1.807) is 28.0 Å². The first-order valence-corrected chi connectivity index (χ1v) is 7.57. The zero-order valence-electron chi connectivity index (χ0n) is 10.00. The molecule has 1 atom stereocenters. The Morgan fingerprint density at radius 1 is 1.22 bits per heavy atom. The monoisotopic (exact) mass is 275 g/mol. The number of carbonyl (C=O) groups is 1. The maximum Gasteiger partial charge on any atom is 0.228 e. The summed E-state index contributed by atoms with van der Waals surface area (Å²) in [7, 11) is 1.86. The number of hydrogen-bond acceptors (Lipinski definition) is 3. The van der Waals surface area contributed by atoms with Gasteiger partial charge in [0.25, 0.3) is 0 Å². The summed E-state index contributed by atoms with van der Waals surface area (Å²) in [4.78, 5) is 16.4. The van der Waals surface area contributed by atoms with E-state index in [1.807, 2.05) is 31.3 Å². The summed E-state index contributed by atoms with van der Waals surface area (Å²) in [6, 6.07) is 12.3. The van der Waals surface area contributed by atoms with Crippen LogP contribution in [0.2, 0.25) is 0 Å². The average molecular weight is 275 g/mol. The highest BCUT2D eigenvalue weighted by atomic mass is 32.2. The van der Waals surface area contributed by atoms with Crippen LogP contribution in [0, 0.1) is 0 Å². The van der Waals surface area contributed by atoms with Gasteiger partial charge in [-0.05, 0) is 23.6 Å². The van der Waals surface area contributed by atoms with Crippen molar-refractivity contribution in [2.24, 2.45) is 0 Å². The van der Waals surface area contributed by atoms with Gasteiger partial charge >= 0.3 is 0 Å². The fourth-order valence-electron chi connectivity index (χ4n) is 2.09. The van der Waals surface area contributed by atoms with Gasteiger partial charge in [0.1, 0.15) is 0 Å². The van der Waals surface area contributed by atoms with E-state index in [-0.39, 0.29) is 11.2 Å². The summed E-state index contributed by atoms with van der Waals surface area (Å²) in [6.45, 7) is 0. The number of carbonyl (C=O) groups excluding carboxylic acids is 1. The lowest BCUT2D eigenvalue weighted by Gasteiger charge is -2.16. The lowest BCUT2D eigenvalue weighted by molar-refractivity contribution is -0.118. The molecule has 1 aromatic carbocycles. The molecule has 1 aromatic heterocycles. The Morgan fingerprint density at radius 2 is 2.06 bits per heavy atom. The molecular weight excluding hydrogens is 262 g/mol. The van der Waals surface area contributed by atoms with Gasteiger partial charge in [0, 0.05) is 23.2 Å². The molecule has 3 rings (SSSR count). The van der Waals surface area contributed by atoms with Crippen LogP contribution in [0.3, 0.4) is 0 Å². The predicted octanol–water partition coefficient (Wildman–Crippen LogP) is 3.95. The molecule has 1 aliphatic heterocycles. The Labute approximate surface area is 115 Å². The van der Waals surface area contributed by atoms with Crippen molar-refractivity contribution in [3.8, 4) is 0 Å². The lowest BCUT2D eigenvalue weighted by Crippen LogP contribution is -2.25. The van der Waals surface area contributed by atoms with E-state index < -0.39 is 0 Å². The summed E-state index contributed by atoms with van der Waals surface area (Å²) in [6.07, 6.45) is 0.566. The Hall–Kier alpha value is -1.26. The van der Waals surface area contributed by atoms with Gasteiger partial charge in [-0.15, -0.1) is 23.1 Å². The summed E-state index contributed by atoms with van der Waals surface area (Å²) < 4.78 is 0. The van der Waals surface area contributed by atoms with Crippen LogP contribution in [-0.2, 0) is 4.79 Å². The van der Waals surface area contributed by atoms with E-state index in [2.05, 4.69) is 17.5 Å². The van der Waals surface area contributed by atoms with E-state index >= 15 is 0 Å². The minimum absolute atomic E-state index is 0.186. The van der Waals surface area contributed by atoms with E-state index in [9.17, 15) is 4.79 Å². The fraction of sp³-hybridized carbons (Fsp3) is 0.214. The Morgan fingerprint density at radius 3 is 2.83 bits per heavy atom. The molecule has 2 heterocycles. The van der Waals surface area contributed by atoms with Crippen molar-refractivity contribution in [2.45, 2.75) is 16.6 Å². The SMILES string of the molecule is CN1C(=O)CC(c2cccs2)Sc2ccccc21. The highest BCUT2D eigenvalue weighted by Gasteiger charge is 2.27. The van der Waals surface area contributed by atoms with Gasteiger partial charge in [0.15, 0.2) is 0 Å². The van der Waals surface area contributed by atoms with Crippen LogP contribution >= 0.6 is 23.1 Å². The molecule has 0 bridgehead atoms. The van der Waals surface area contributed by atoms with Crippen molar-refractivity contribution in [1.29, 1.82) is 0 Å². The first-order valence-electron chi connectivity index (χ1n) is 5.81. The molecule has 0 radical (unpaired) electrons. The van der Waals surface area contributed by atoms with Crippen molar-refractivity contribution in [3.63, 3.8) is 0 Å². The minimum Gasteiger partial charge on any atom is -0.314 e. The van der Waals surface area contributed by atoms with E-state index in [0.29, 0.717) is 6.42 Å². The van der Waals surface area contributed by atoms with Crippen molar-refractivity contribution >= 4 is 34.7 Å². The van der Waals surface area contributed by atoms with Crippen molar-refractivity contribution in [1.82, 2.24) is 0 Å². The molecule has 2 nitrogen and oxygen atoms in total. The molecule has 1 unspecified atom stereocenters. The van der Waals surface area contributed by atoms with Gasteiger partial charge in [-0.1, -0.05) is 18.2 Å². The summed E-state index contributed by atoms with van der Waals surface area (Å²) in [5.41, 5.74) is 1.02. The van der Waals surface area contributed by atoms with Crippen LogP contribution in [-0.4, -0.2) is 13.0 Å². The molecule has 1 amide bonds. The highest BCUT2D eigenvalue weighted by Crippen LogP contribution is 2.46. The standard InChI is InChI=1S/C14H13NOS2/c1-15-10-5-2-3-6-11(10)18-13(9-14(15)16)12-7-4-8-17-12/h2-8,13H,9H2,1H3. The second kappa shape index (κ2) is 4.78. The smallest absolute Gasteiger partial charge is 0.228 e. The molecule has 0 saturated carbocycles. The second-order valence-electron chi connectivity index (χ2n) is 4.25. The quantitative estimate of drug-likeness (QED) is 0.785. The molecule has 0 N–H and O–H groups in total. The fourth-order valence-corrected chi connectivity index (χ4v) is 4.32. The number of para-hydroxylation sites is 1. The topological polar surface area (TPSA) is 20.3 Å². The van der Waals surface area contributed by atoms with Crippen LogP contribution in [0.4, 0.5) is 5.69 Å². The second-order valence-corrected chi connectivity index (χ2v) is 6.47. The number of anilines is 1. The zero-order chi connectivity index (χ0) is 12.5. The molecule has 92 valence electrons. The Balaban J connectivity index is 2.02. The normalized spacial score (nSPS) is 19.5. The molecule has 0 aliphatic carbocycles. The number of benzene rings is 1. The van der Waals surface area contributed by atoms with E-state index in [0.717, 1.165) is 5.69 Å². The third-order valence-electron chi connectivity index (χ3n) is 3.09. The molecule has 0 saturated heterocycles. The number of rotatable bonds is 1. The Bertz CT molecular complexity index is 565. The van der Waals surface area contributed by atoms with Gasteiger partial charge < -0.3 is 4.90 Å². The lowest BCUT2D eigenvalue weighted by atomic mass is 10.2. The first-order chi connectivity index (χ1) is 8.75. The molecule has 0 spiro atoms. The van der Waals surface area contributed by atoms with Gasteiger partial charge in [-0.2, -0.15) is 0 Å².